The summed E-state index contributed by atoms with van der Waals surface area (Å²) < 4.78 is 7.16. The van der Waals surface area contributed by atoms with Crippen LogP contribution in [0.15, 0.2) is 71.5 Å². The maximum Gasteiger partial charge on any atom is 0.270 e. The van der Waals surface area contributed by atoms with E-state index in [0.29, 0.717) is 30.1 Å². The first-order chi connectivity index (χ1) is 14.1. The monoisotopic (exact) mass is 386 g/mol. The van der Waals surface area contributed by atoms with Crippen LogP contribution in [0.3, 0.4) is 0 Å². The van der Waals surface area contributed by atoms with Crippen LogP contribution in [0.1, 0.15) is 27.3 Å². The van der Waals surface area contributed by atoms with Crippen molar-refractivity contribution < 1.29 is 9.21 Å². The largest absolute Gasteiger partial charge is 0.463 e. The maximum atomic E-state index is 13.0. The third kappa shape index (κ3) is 4.11. The quantitative estimate of drug-likeness (QED) is 0.541. The molecular weight excluding hydrogens is 364 g/mol. The molecule has 0 bridgehead atoms. The first-order valence-corrected chi connectivity index (χ1v) is 9.51. The van der Waals surface area contributed by atoms with Crippen LogP contribution >= 0.6 is 0 Å². The van der Waals surface area contributed by atoms with Gasteiger partial charge in [0.1, 0.15) is 11.4 Å². The maximum absolute atomic E-state index is 13.0. The van der Waals surface area contributed by atoms with E-state index < -0.39 is 0 Å². The molecule has 146 valence electrons. The van der Waals surface area contributed by atoms with Crippen molar-refractivity contribution in [2.45, 2.75) is 20.3 Å². The molecule has 6 nitrogen and oxygen atoms in total. The Balaban J connectivity index is 1.62. The Morgan fingerprint density at radius 3 is 2.72 bits per heavy atom. The lowest BCUT2D eigenvalue weighted by Gasteiger charge is -2.11. The number of rotatable bonds is 6. The topological polar surface area (TPSA) is 73.0 Å². The number of hydrogen-bond donors (Lipinski definition) is 1. The number of carbonyl (C=O) groups excluding carboxylic acids is 1. The molecule has 0 saturated heterocycles. The van der Waals surface area contributed by atoms with Crippen molar-refractivity contribution in [1.82, 2.24) is 20.1 Å². The van der Waals surface area contributed by atoms with E-state index in [1.807, 2.05) is 50.2 Å². The zero-order valence-corrected chi connectivity index (χ0v) is 16.4. The molecule has 3 heterocycles. The number of carbonyl (C=O) groups is 1. The average molecular weight is 386 g/mol. The number of pyridine rings is 1. The molecule has 4 rings (SSSR count). The Labute approximate surface area is 169 Å². The van der Waals surface area contributed by atoms with Crippen LogP contribution in [0.2, 0.25) is 0 Å². The lowest BCUT2D eigenvalue weighted by Crippen LogP contribution is -2.28. The summed E-state index contributed by atoms with van der Waals surface area (Å²) in [6.45, 7) is 4.54. The fourth-order valence-electron chi connectivity index (χ4n) is 3.25. The van der Waals surface area contributed by atoms with E-state index in [9.17, 15) is 4.79 Å². The van der Waals surface area contributed by atoms with Gasteiger partial charge in [-0.3, -0.25) is 9.78 Å². The predicted molar refractivity (Wildman–Crippen MR) is 111 cm³/mol. The van der Waals surface area contributed by atoms with E-state index in [2.05, 4.69) is 21.5 Å². The number of aryl methyl sites for hydroxylation is 2. The van der Waals surface area contributed by atoms with E-state index in [4.69, 9.17) is 4.42 Å². The Kier molecular flexibility index (Phi) is 5.24. The highest BCUT2D eigenvalue weighted by Gasteiger charge is 2.19. The summed E-state index contributed by atoms with van der Waals surface area (Å²) in [6.07, 6.45) is 4.01. The number of nitrogens with one attached hydrogen (secondary N) is 1. The molecule has 0 aliphatic rings. The first kappa shape index (κ1) is 18.7. The summed E-state index contributed by atoms with van der Waals surface area (Å²) >= 11 is 0. The number of aromatic nitrogens is 3. The molecule has 0 atom stereocenters. The molecule has 1 N–H and O–H groups in total. The third-order valence-electron chi connectivity index (χ3n) is 4.69. The van der Waals surface area contributed by atoms with Gasteiger partial charge in [-0.05, 0) is 49.7 Å². The zero-order valence-electron chi connectivity index (χ0n) is 16.4. The van der Waals surface area contributed by atoms with Gasteiger partial charge in [-0.1, -0.05) is 23.8 Å². The van der Waals surface area contributed by atoms with Crippen molar-refractivity contribution in [3.8, 4) is 17.1 Å². The second-order valence-electron chi connectivity index (χ2n) is 6.92. The molecule has 6 heteroatoms. The van der Waals surface area contributed by atoms with E-state index in [0.717, 1.165) is 22.5 Å². The zero-order chi connectivity index (χ0) is 20.2. The van der Waals surface area contributed by atoms with Crippen molar-refractivity contribution in [2.75, 3.05) is 6.54 Å². The van der Waals surface area contributed by atoms with Crippen molar-refractivity contribution >= 4 is 5.91 Å². The Morgan fingerprint density at radius 2 is 2.00 bits per heavy atom. The summed E-state index contributed by atoms with van der Waals surface area (Å²) in [5.74, 6) is 0.433. The fraction of sp³-hybridized carbons (Fsp3) is 0.174. The molecule has 0 aliphatic carbocycles. The second-order valence-corrected chi connectivity index (χ2v) is 6.92. The number of hydrogen-bond acceptors (Lipinski definition) is 4. The Morgan fingerprint density at radius 1 is 1.10 bits per heavy atom. The smallest absolute Gasteiger partial charge is 0.270 e. The van der Waals surface area contributed by atoms with Crippen LogP contribution in [-0.4, -0.2) is 27.2 Å². The SMILES string of the molecule is Cc1ccc(-n2nc(-c3ccco3)cc2C(=O)NCCc2ccccn2)c(C)c1. The van der Waals surface area contributed by atoms with Crippen molar-refractivity contribution in [3.63, 3.8) is 0 Å². The molecule has 0 spiro atoms. The highest BCUT2D eigenvalue weighted by atomic mass is 16.3. The Bertz CT molecular complexity index is 1120. The number of furan rings is 1. The van der Waals surface area contributed by atoms with Crippen molar-refractivity contribution in [3.05, 3.63) is 89.6 Å². The van der Waals surface area contributed by atoms with Crippen LogP contribution in [-0.2, 0) is 6.42 Å². The summed E-state index contributed by atoms with van der Waals surface area (Å²) in [6, 6.07) is 17.2. The van der Waals surface area contributed by atoms with Crippen molar-refractivity contribution in [2.24, 2.45) is 0 Å². The number of benzene rings is 1. The van der Waals surface area contributed by atoms with Crippen LogP contribution < -0.4 is 5.32 Å². The van der Waals surface area contributed by atoms with Gasteiger partial charge >= 0.3 is 0 Å². The highest BCUT2D eigenvalue weighted by Crippen LogP contribution is 2.24. The van der Waals surface area contributed by atoms with E-state index in [1.54, 1.807) is 29.3 Å². The minimum Gasteiger partial charge on any atom is -0.463 e. The van der Waals surface area contributed by atoms with Gasteiger partial charge in [0.15, 0.2) is 5.76 Å². The van der Waals surface area contributed by atoms with Gasteiger partial charge in [0.05, 0.1) is 12.0 Å². The normalized spacial score (nSPS) is 10.8. The molecule has 0 aliphatic heterocycles. The minimum atomic E-state index is -0.189. The molecule has 4 aromatic rings. The standard InChI is InChI=1S/C23H22N4O2/c1-16-8-9-20(17(2)14-16)27-21(15-19(26-27)22-7-5-13-29-22)23(28)25-12-10-18-6-3-4-11-24-18/h3-9,11,13-15H,10,12H2,1-2H3,(H,25,28). The molecule has 1 amide bonds. The van der Waals surface area contributed by atoms with Crippen LogP contribution in [0, 0.1) is 13.8 Å². The fourth-order valence-corrected chi connectivity index (χ4v) is 3.25. The van der Waals surface area contributed by atoms with Gasteiger partial charge in [0.2, 0.25) is 0 Å². The minimum absolute atomic E-state index is 0.189. The molecule has 29 heavy (non-hydrogen) atoms. The van der Waals surface area contributed by atoms with Gasteiger partial charge < -0.3 is 9.73 Å². The summed E-state index contributed by atoms with van der Waals surface area (Å²) in [5, 5.41) is 7.63. The predicted octanol–water partition coefficient (Wildman–Crippen LogP) is 4.12. The lowest BCUT2D eigenvalue weighted by atomic mass is 10.1. The van der Waals surface area contributed by atoms with Gasteiger partial charge in [-0.2, -0.15) is 5.10 Å². The van der Waals surface area contributed by atoms with E-state index in [1.165, 1.54) is 0 Å². The highest BCUT2D eigenvalue weighted by molar-refractivity contribution is 5.94. The molecule has 0 saturated carbocycles. The van der Waals surface area contributed by atoms with E-state index >= 15 is 0 Å². The van der Waals surface area contributed by atoms with Gasteiger partial charge in [0.25, 0.3) is 5.91 Å². The van der Waals surface area contributed by atoms with Gasteiger partial charge in [-0.15, -0.1) is 0 Å². The summed E-state index contributed by atoms with van der Waals surface area (Å²) in [4.78, 5) is 17.3. The van der Waals surface area contributed by atoms with Crippen LogP contribution in [0.25, 0.3) is 17.1 Å². The van der Waals surface area contributed by atoms with Gasteiger partial charge in [0, 0.05) is 30.9 Å². The molecule has 0 radical (unpaired) electrons. The number of nitrogens with zero attached hydrogens (tertiary/aromatic N) is 3. The second kappa shape index (κ2) is 8.14. The van der Waals surface area contributed by atoms with Crippen LogP contribution in [0.5, 0.6) is 0 Å². The average Bonchev–Trinajstić information content (AvgIpc) is 3.39. The van der Waals surface area contributed by atoms with Gasteiger partial charge in [-0.25, -0.2) is 4.68 Å². The molecule has 1 aromatic carbocycles. The van der Waals surface area contributed by atoms with E-state index in [-0.39, 0.29) is 5.91 Å². The summed E-state index contributed by atoms with van der Waals surface area (Å²) in [7, 11) is 0. The Hall–Kier alpha value is -3.67. The lowest BCUT2D eigenvalue weighted by molar-refractivity contribution is 0.0946. The van der Waals surface area contributed by atoms with Crippen LogP contribution in [0.4, 0.5) is 0 Å². The number of amides is 1. The molecular formula is C23H22N4O2. The molecule has 3 aromatic heterocycles. The first-order valence-electron chi connectivity index (χ1n) is 9.51. The molecule has 0 fully saturated rings. The summed E-state index contributed by atoms with van der Waals surface area (Å²) in [5.41, 5.74) is 5.08. The molecule has 0 unspecified atom stereocenters. The van der Waals surface area contributed by atoms with Crippen molar-refractivity contribution in [1.29, 1.82) is 0 Å². The third-order valence-corrected chi connectivity index (χ3v) is 4.69.